The van der Waals surface area contributed by atoms with E-state index in [-0.39, 0.29) is 16.7 Å². The van der Waals surface area contributed by atoms with E-state index in [0.717, 1.165) is 33.2 Å². The van der Waals surface area contributed by atoms with E-state index in [1.807, 2.05) is 48.5 Å². The number of aromatic hydroxyl groups is 1. The van der Waals surface area contributed by atoms with Crippen molar-refractivity contribution in [3.63, 3.8) is 0 Å². The lowest BCUT2D eigenvalue weighted by Gasteiger charge is -2.19. The van der Waals surface area contributed by atoms with Gasteiger partial charge in [-0.25, -0.2) is 4.79 Å². The molecule has 6 heteroatoms. The first kappa shape index (κ1) is 30.1. The topological polar surface area (TPSA) is 77.8 Å². The number of methoxy groups -OCH3 is 1. The van der Waals surface area contributed by atoms with Crippen molar-refractivity contribution in [2.45, 2.75) is 39.7 Å². The first-order valence-corrected chi connectivity index (χ1v) is 13.9. The SMILES string of the molecule is CCOC=O.COC(=O)c1c(O)cc(-c2ccccc2)cc1Cn1cc(-c2ccc(C(C)(C)C)cc2)c2ccccc21. The Morgan fingerprint density at radius 2 is 1.55 bits per heavy atom. The zero-order valence-electron chi connectivity index (χ0n) is 24.8. The molecule has 5 aromatic rings. The van der Waals surface area contributed by atoms with Gasteiger partial charge in [-0.2, -0.15) is 0 Å². The zero-order valence-corrected chi connectivity index (χ0v) is 24.8. The number of carbonyl (C=O) groups is 2. The maximum atomic E-state index is 12.7. The molecule has 0 saturated heterocycles. The second-order valence-electron chi connectivity index (χ2n) is 11.0. The third kappa shape index (κ3) is 6.72. The smallest absolute Gasteiger partial charge is 0.341 e. The van der Waals surface area contributed by atoms with Gasteiger partial charge in [-0.3, -0.25) is 4.79 Å². The molecule has 0 atom stereocenters. The number of benzene rings is 4. The van der Waals surface area contributed by atoms with E-state index < -0.39 is 5.97 Å². The van der Waals surface area contributed by atoms with Crippen molar-refractivity contribution in [3.8, 4) is 28.0 Å². The molecule has 0 amide bonds. The van der Waals surface area contributed by atoms with Gasteiger partial charge in [0.1, 0.15) is 11.3 Å². The van der Waals surface area contributed by atoms with Gasteiger partial charge in [-0.1, -0.05) is 93.6 Å². The van der Waals surface area contributed by atoms with Crippen molar-refractivity contribution in [1.29, 1.82) is 0 Å². The average molecular weight is 564 g/mol. The van der Waals surface area contributed by atoms with Crippen molar-refractivity contribution < 1.29 is 24.2 Å². The van der Waals surface area contributed by atoms with Crippen molar-refractivity contribution in [2.75, 3.05) is 13.7 Å². The molecule has 6 nitrogen and oxygen atoms in total. The summed E-state index contributed by atoms with van der Waals surface area (Å²) in [4.78, 5) is 21.9. The molecular weight excluding hydrogens is 526 g/mol. The van der Waals surface area contributed by atoms with Crippen molar-refractivity contribution >= 4 is 23.3 Å². The van der Waals surface area contributed by atoms with Crippen molar-refractivity contribution in [3.05, 3.63) is 114 Å². The first-order chi connectivity index (χ1) is 20.2. The van der Waals surface area contributed by atoms with Crippen LogP contribution in [0, 0.1) is 0 Å². The highest BCUT2D eigenvalue weighted by Gasteiger charge is 2.21. The number of aromatic nitrogens is 1. The molecule has 216 valence electrons. The summed E-state index contributed by atoms with van der Waals surface area (Å²) in [7, 11) is 1.33. The van der Waals surface area contributed by atoms with E-state index in [1.165, 1.54) is 12.7 Å². The predicted octanol–water partition coefficient (Wildman–Crippen LogP) is 7.99. The van der Waals surface area contributed by atoms with Crippen LogP contribution in [0.4, 0.5) is 0 Å². The van der Waals surface area contributed by atoms with E-state index in [4.69, 9.17) is 4.74 Å². The fourth-order valence-corrected chi connectivity index (χ4v) is 4.95. The van der Waals surface area contributed by atoms with E-state index in [9.17, 15) is 14.7 Å². The fourth-order valence-electron chi connectivity index (χ4n) is 4.95. The minimum atomic E-state index is -0.554. The maximum absolute atomic E-state index is 12.7. The Kier molecular flexibility index (Phi) is 9.48. The molecule has 1 aromatic heterocycles. The quantitative estimate of drug-likeness (QED) is 0.160. The highest BCUT2D eigenvalue weighted by Crippen LogP contribution is 2.35. The van der Waals surface area contributed by atoms with Crippen LogP contribution in [-0.2, 0) is 26.2 Å². The van der Waals surface area contributed by atoms with Crippen LogP contribution in [0.1, 0.15) is 49.2 Å². The van der Waals surface area contributed by atoms with Gasteiger partial charge in [0.15, 0.2) is 0 Å². The molecule has 0 aliphatic rings. The summed E-state index contributed by atoms with van der Waals surface area (Å²) in [5, 5.41) is 12.0. The largest absolute Gasteiger partial charge is 0.507 e. The van der Waals surface area contributed by atoms with Gasteiger partial charge in [0.05, 0.1) is 13.7 Å². The molecule has 4 aromatic carbocycles. The van der Waals surface area contributed by atoms with Crippen LogP contribution < -0.4 is 0 Å². The summed E-state index contributed by atoms with van der Waals surface area (Å²) in [6, 6.07) is 30.4. The maximum Gasteiger partial charge on any atom is 0.341 e. The van der Waals surface area contributed by atoms with Crippen LogP contribution in [0.2, 0.25) is 0 Å². The second kappa shape index (κ2) is 13.2. The average Bonchev–Trinajstić information content (AvgIpc) is 3.35. The molecule has 0 unspecified atom stereocenters. The van der Waals surface area contributed by atoms with Gasteiger partial charge in [0.25, 0.3) is 6.47 Å². The van der Waals surface area contributed by atoms with Crippen LogP contribution in [0.25, 0.3) is 33.2 Å². The third-order valence-corrected chi connectivity index (χ3v) is 7.12. The van der Waals surface area contributed by atoms with Gasteiger partial charge < -0.3 is 19.1 Å². The second-order valence-corrected chi connectivity index (χ2v) is 11.0. The number of phenolic OH excluding ortho intramolecular Hbond substituents is 1. The molecule has 1 N–H and O–H groups in total. The Bertz CT molecular complexity index is 1660. The molecule has 0 spiro atoms. The Hall–Kier alpha value is -4.84. The summed E-state index contributed by atoms with van der Waals surface area (Å²) in [6.45, 7) is 9.71. The molecule has 0 radical (unpaired) electrons. The summed E-state index contributed by atoms with van der Waals surface area (Å²) in [6.07, 6.45) is 2.13. The Morgan fingerprint density at radius 3 is 2.14 bits per heavy atom. The Morgan fingerprint density at radius 1 is 0.881 bits per heavy atom. The third-order valence-electron chi connectivity index (χ3n) is 7.12. The number of hydrogen-bond donors (Lipinski definition) is 1. The van der Waals surface area contributed by atoms with Crippen LogP contribution in [0.15, 0.2) is 97.2 Å². The molecule has 0 bridgehead atoms. The number of hydrogen-bond acceptors (Lipinski definition) is 5. The van der Waals surface area contributed by atoms with E-state index in [2.05, 4.69) is 72.7 Å². The van der Waals surface area contributed by atoms with Crippen LogP contribution >= 0.6 is 0 Å². The van der Waals surface area contributed by atoms with E-state index in [0.29, 0.717) is 25.2 Å². The van der Waals surface area contributed by atoms with Crippen LogP contribution in [0.5, 0.6) is 5.75 Å². The number of fused-ring (bicyclic) bond motifs is 1. The highest BCUT2D eigenvalue weighted by molar-refractivity contribution is 5.97. The van der Waals surface area contributed by atoms with Gasteiger partial charge in [-0.15, -0.1) is 0 Å². The van der Waals surface area contributed by atoms with Gasteiger partial charge in [-0.05, 0) is 58.4 Å². The molecule has 42 heavy (non-hydrogen) atoms. The minimum Gasteiger partial charge on any atom is -0.507 e. The van der Waals surface area contributed by atoms with Gasteiger partial charge >= 0.3 is 5.97 Å². The summed E-state index contributed by atoms with van der Waals surface area (Å²) in [5.41, 5.74) is 7.38. The summed E-state index contributed by atoms with van der Waals surface area (Å²) >= 11 is 0. The van der Waals surface area contributed by atoms with E-state index >= 15 is 0 Å². The van der Waals surface area contributed by atoms with Crippen LogP contribution in [-0.4, -0.2) is 35.8 Å². The molecular formula is C36H37NO5. The number of esters is 1. The molecule has 0 aliphatic carbocycles. The minimum absolute atomic E-state index is 0.0855. The number of phenols is 1. The van der Waals surface area contributed by atoms with Crippen molar-refractivity contribution in [2.24, 2.45) is 0 Å². The zero-order chi connectivity index (χ0) is 30.3. The number of nitrogens with zero attached hydrogens (tertiary/aromatic N) is 1. The number of para-hydroxylation sites is 1. The lowest BCUT2D eigenvalue weighted by Crippen LogP contribution is -2.10. The van der Waals surface area contributed by atoms with Gasteiger partial charge in [0.2, 0.25) is 0 Å². The molecule has 5 rings (SSSR count). The van der Waals surface area contributed by atoms with Gasteiger partial charge in [0, 0.05) is 29.2 Å². The van der Waals surface area contributed by atoms with Crippen LogP contribution in [0.3, 0.4) is 0 Å². The Labute approximate surface area is 247 Å². The molecule has 0 saturated carbocycles. The highest BCUT2D eigenvalue weighted by atomic mass is 16.5. The van der Waals surface area contributed by atoms with Crippen molar-refractivity contribution in [1.82, 2.24) is 4.57 Å². The Balaban J connectivity index is 0.000000748. The molecule has 0 fully saturated rings. The molecule has 1 heterocycles. The lowest BCUT2D eigenvalue weighted by atomic mass is 9.86. The monoisotopic (exact) mass is 563 g/mol. The number of carbonyl (C=O) groups excluding carboxylic acids is 2. The number of ether oxygens (including phenoxy) is 2. The van der Waals surface area contributed by atoms with E-state index in [1.54, 1.807) is 13.0 Å². The fraction of sp³-hybridized carbons (Fsp3) is 0.222. The number of rotatable bonds is 7. The molecule has 0 aliphatic heterocycles. The first-order valence-electron chi connectivity index (χ1n) is 13.9. The standard InChI is InChI=1S/C33H31NO3.C3H6O2/c1-33(2,3)26-16-14-23(15-17-26)28-21-34(29-13-9-8-12-27(28)29)20-25-18-24(22-10-6-5-7-11-22)19-30(35)31(25)32(36)37-4;1-2-5-3-4/h5-19,21,35H,20H2,1-4H3;3H,2H2,1H3. The lowest BCUT2D eigenvalue weighted by molar-refractivity contribution is -0.128. The predicted molar refractivity (Wildman–Crippen MR) is 168 cm³/mol. The normalized spacial score (nSPS) is 11.0. The summed E-state index contributed by atoms with van der Waals surface area (Å²) < 4.78 is 11.3. The summed E-state index contributed by atoms with van der Waals surface area (Å²) in [5.74, 6) is -0.640.